The van der Waals surface area contributed by atoms with E-state index >= 15 is 0 Å². The molecule has 0 saturated carbocycles. The van der Waals surface area contributed by atoms with Crippen molar-refractivity contribution in [1.29, 1.82) is 0 Å². The molecule has 0 aliphatic carbocycles. The Bertz CT molecular complexity index is 609. The van der Waals surface area contributed by atoms with E-state index in [9.17, 15) is 4.79 Å². The van der Waals surface area contributed by atoms with E-state index in [0.29, 0.717) is 17.9 Å². The summed E-state index contributed by atoms with van der Waals surface area (Å²) in [6.45, 7) is 1.65. The molecule has 1 amide bonds. The Morgan fingerprint density at radius 2 is 1.91 bits per heavy atom. The van der Waals surface area contributed by atoms with Crippen LogP contribution in [0.15, 0.2) is 23.4 Å². The third kappa shape index (κ3) is 3.25. The first-order valence-electron chi connectivity index (χ1n) is 7.97. The van der Waals surface area contributed by atoms with Crippen molar-refractivity contribution in [3.8, 4) is 11.5 Å². The Morgan fingerprint density at radius 1 is 1.17 bits per heavy atom. The largest absolute Gasteiger partial charge is 0.493 e. The number of piperidine rings is 1. The number of amides is 1. The van der Waals surface area contributed by atoms with Gasteiger partial charge >= 0.3 is 0 Å². The number of oxime groups is 1. The Hall–Kier alpha value is -2.24. The summed E-state index contributed by atoms with van der Waals surface area (Å²) in [6.07, 6.45) is 3.33. The van der Waals surface area contributed by atoms with Crippen LogP contribution in [-0.4, -0.2) is 49.9 Å². The Balaban J connectivity index is 1.68. The molecule has 0 radical (unpaired) electrons. The second-order valence-corrected chi connectivity index (χ2v) is 5.79. The van der Waals surface area contributed by atoms with Crippen LogP contribution in [0.2, 0.25) is 0 Å². The van der Waals surface area contributed by atoms with Gasteiger partial charge in [0.1, 0.15) is 0 Å². The maximum absolute atomic E-state index is 12.5. The molecule has 2 heterocycles. The number of hydrogen-bond donors (Lipinski definition) is 0. The number of rotatable bonds is 4. The van der Waals surface area contributed by atoms with Gasteiger partial charge in [0.2, 0.25) is 6.10 Å². The van der Waals surface area contributed by atoms with E-state index in [1.54, 1.807) is 14.2 Å². The van der Waals surface area contributed by atoms with Crippen LogP contribution < -0.4 is 9.47 Å². The number of carbonyl (C=O) groups is 1. The number of nitrogens with zero attached hydrogens (tertiary/aromatic N) is 2. The van der Waals surface area contributed by atoms with Gasteiger partial charge in [-0.15, -0.1) is 0 Å². The molecule has 2 aliphatic heterocycles. The molecule has 2 aliphatic rings. The molecule has 1 aromatic carbocycles. The summed E-state index contributed by atoms with van der Waals surface area (Å²) in [5.41, 5.74) is 1.65. The van der Waals surface area contributed by atoms with Gasteiger partial charge < -0.3 is 19.2 Å². The van der Waals surface area contributed by atoms with Crippen LogP contribution >= 0.6 is 0 Å². The number of carbonyl (C=O) groups excluding carboxylic acids is 1. The van der Waals surface area contributed by atoms with E-state index in [4.69, 9.17) is 14.3 Å². The lowest BCUT2D eigenvalue weighted by atomic mass is 10.0. The Kier molecular flexibility index (Phi) is 4.69. The molecule has 1 aromatic rings. The minimum Gasteiger partial charge on any atom is -0.493 e. The summed E-state index contributed by atoms with van der Waals surface area (Å²) in [4.78, 5) is 19.8. The molecule has 1 atom stereocenters. The van der Waals surface area contributed by atoms with Crippen molar-refractivity contribution in [2.24, 2.45) is 5.16 Å². The van der Waals surface area contributed by atoms with Gasteiger partial charge in [0.15, 0.2) is 11.5 Å². The average molecular weight is 318 g/mol. The molecule has 6 heteroatoms. The summed E-state index contributed by atoms with van der Waals surface area (Å²) >= 11 is 0. The van der Waals surface area contributed by atoms with Crippen molar-refractivity contribution >= 4 is 11.6 Å². The van der Waals surface area contributed by atoms with E-state index in [1.807, 2.05) is 23.1 Å². The Morgan fingerprint density at radius 3 is 2.61 bits per heavy atom. The van der Waals surface area contributed by atoms with E-state index in [-0.39, 0.29) is 5.91 Å². The number of ether oxygens (including phenoxy) is 2. The van der Waals surface area contributed by atoms with Crippen molar-refractivity contribution in [1.82, 2.24) is 4.90 Å². The quantitative estimate of drug-likeness (QED) is 0.854. The predicted octanol–water partition coefficient (Wildman–Crippen LogP) is 2.21. The van der Waals surface area contributed by atoms with E-state index in [2.05, 4.69) is 5.16 Å². The zero-order valence-corrected chi connectivity index (χ0v) is 13.6. The second kappa shape index (κ2) is 6.89. The van der Waals surface area contributed by atoms with Gasteiger partial charge in [0, 0.05) is 25.1 Å². The molecular weight excluding hydrogens is 296 g/mol. The van der Waals surface area contributed by atoms with Crippen molar-refractivity contribution < 1.29 is 19.1 Å². The monoisotopic (exact) mass is 318 g/mol. The molecular formula is C17H22N2O4. The topological polar surface area (TPSA) is 60.4 Å². The van der Waals surface area contributed by atoms with Gasteiger partial charge in [-0.05, 0) is 37.5 Å². The summed E-state index contributed by atoms with van der Waals surface area (Å²) in [5, 5.41) is 4.11. The van der Waals surface area contributed by atoms with E-state index < -0.39 is 6.10 Å². The molecule has 0 N–H and O–H groups in total. The second-order valence-electron chi connectivity index (χ2n) is 5.79. The molecule has 3 rings (SSSR count). The van der Waals surface area contributed by atoms with Crippen molar-refractivity contribution in [3.05, 3.63) is 23.8 Å². The van der Waals surface area contributed by atoms with Gasteiger partial charge in [-0.3, -0.25) is 4.79 Å². The van der Waals surface area contributed by atoms with E-state index in [1.165, 1.54) is 6.42 Å². The molecule has 1 saturated heterocycles. The molecule has 124 valence electrons. The van der Waals surface area contributed by atoms with E-state index in [0.717, 1.165) is 37.2 Å². The smallest absolute Gasteiger partial charge is 0.266 e. The normalized spacial score (nSPS) is 20.7. The average Bonchev–Trinajstić information content (AvgIpc) is 3.11. The zero-order valence-electron chi connectivity index (χ0n) is 13.6. The van der Waals surface area contributed by atoms with Crippen LogP contribution in [0.5, 0.6) is 11.5 Å². The molecule has 6 nitrogen and oxygen atoms in total. The van der Waals surface area contributed by atoms with Crippen LogP contribution in [0.3, 0.4) is 0 Å². The number of hydrogen-bond acceptors (Lipinski definition) is 5. The van der Waals surface area contributed by atoms with Gasteiger partial charge in [-0.2, -0.15) is 0 Å². The fourth-order valence-electron chi connectivity index (χ4n) is 3.01. The standard InChI is InChI=1S/C17H22N2O4/c1-21-14-7-6-12(10-15(14)22-2)13-11-16(23-18-13)17(20)19-8-4-3-5-9-19/h6-7,10,16H,3-5,8-9,11H2,1-2H3. The number of likely N-dealkylation sites (tertiary alicyclic amines) is 1. The predicted molar refractivity (Wildman–Crippen MR) is 86.0 cm³/mol. The summed E-state index contributed by atoms with van der Waals surface area (Å²) < 4.78 is 10.5. The van der Waals surface area contributed by atoms with Crippen LogP contribution in [0, 0.1) is 0 Å². The highest BCUT2D eigenvalue weighted by Gasteiger charge is 2.33. The zero-order chi connectivity index (χ0) is 16.2. The minimum absolute atomic E-state index is 0.0453. The highest BCUT2D eigenvalue weighted by molar-refractivity contribution is 6.04. The minimum atomic E-state index is -0.504. The third-order valence-corrected chi connectivity index (χ3v) is 4.33. The van der Waals surface area contributed by atoms with Crippen LogP contribution in [0.25, 0.3) is 0 Å². The fraction of sp³-hybridized carbons (Fsp3) is 0.529. The van der Waals surface area contributed by atoms with Gasteiger partial charge in [0.25, 0.3) is 5.91 Å². The molecule has 1 unspecified atom stereocenters. The van der Waals surface area contributed by atoms with Gasteiger partial charge in [0.05, 0.1) is 19.9 Å². The molecule has 0 spiro atoms. The first-order valence-corrected chi connectivity index (χ1v) is 7.97. The number of benzene rings is 1. The van der Waals surface area contributed by atoms with Crippen LogP contribution in [0.4, 0.5) is 0 Å². The lowest BCUT2D eigenvalue weighted by molar-refractivity contribution is -0.143. The Labute approximate surface area is 136 Å². The SMILES string of the molecule is COc1ccc(C2=NOC(C(=O)N3CCCCC3)C2)cc1OC. The highest BCUT2D eigenvalue weighted by atomic mass is 16.6. The van der Waals surface area contributed by atoms with Crippen molar-refractivity contribution in [3.63, 3.8) is 0 Å². The maximum Gasteiger partial charge on any atom is 0.266 e. The van der Waals surface area contributed by atoms with Crippen LogP contribution in [0.1, 0.15) is 31.2 Å². The van der Waals surface area contributed by atoms with Crippen molar-refractivity contribution in [2.45, 2.75) is 31.8 Å². The molecule has 23 heavy (non-hydrogen) atoms. The first kappa shape index (κ1) is 15.6. The lowest BCUT2D eigenvalue weighted by Gasteiger charge is -2.28. The maximum atomic E-state index is 12.5. The number of methoxy groups -OCH3 is 2. The van der Waals surface area contributed by atoms with Crippen LogP contribution in [-0.2, 0) is 9.63 Å². The lowest BCUT2D eigenvalue weighted by Crippen LogP contribution is -2.42. The summed E-state index contributed by atoms with van der Waals surface area (Å²) in [5.74, 6) is 1.35. The van der Waals surface area contributed by atoms with Crippen molar-refractivity contribution in [2.75, 3.05) is 27.3 Å². The molecule has 0 aromatic heterocycles. The fourth-order valence-corrected chi connectivity index (χ4v) is 3.01. The first-order chi connectivity index (χ1) is 11.2. The third-order valence-electron chi connectivity index (χ3n) is 4.33. The van der Waals surface area contributed by atoms with Gasteiger partial charge in [-0.1, -0.05) is 5.16 Å². The molecule has 1 fully saturated rings. The summed E-state index contributed by atoms with van der Waals surface area (Å²) in [6, 6.07) is 5.59. The van der Waals surface area contributed by atoms with Gasteiger partial charge in [-0.25, -0.2) is 0 Å². The highest BCUT2D eigenvalue weighted by Crippen LogP contribution is 2.29. The molecule has 0 bridgehead atoms. The summed E-state index contributed by atoms with van der Waals surface area (Å²) in [7, 11) is 3.19.